The lowest BCUT2D eigenvalue weighted by Crippen LogP contribution is -2.02. The molecule has 1 aliphatic carbocycles. The van der Waals surface area contributed by atoms with Gasteiger partial charge < -0.3 is 4.74 Å². The minimum absolute atomic E-state index is 0.185. The minimum Gasteiger partial charge on any atom is -0.487 e. The van der Waals surface area contributed by atoms with Crippen molar-refractivity contribution in [2.45, 2.75) is 6.61 Å². The van der Waals surface area contributed by atoms with Crippen molar-refractivity contribution in [2.24, 2.45) is 0 Å². The molecule has 0 aromatic heterocycles. The molecule has 0 radical (unpaired) electrons. The minimum atomic E-state index is -0.238. The topological polar surface area (TPSA) is 43.4 Å². The molecule has 150 valence electrons. The summed E-state index contributed by atoms with van der Waals surface area (Å²) in [6, 6.07) is 15.9. The number of ketones is 2. The van der Waals surface area contributed by atoms with Crippen LogP contribution in [0.2, 0.25) is 10.0 Å². The first-order chi connectivity index (χ1) is 14.3. The molecular weight excluding hydrogens is 649 g/mol. The highest BCUT2D eigenvalue weighted by Gasteiger charge is 2.32. The van der Waals surface area contributed by atoms with Crippen molar-refractivity contribution < 1.29 is 14.3 Å². The fourth-order valence-electron chi connectivity index (χ4n) is 3.16. The first-order valence-corrected chi connectivity index (χ1v) is 11.7. The van der Waals surface area contributed by atoms with E-state index in [9.17, 15) is 9.59 Å². The predicted molar refractivity (Wildman–Crippen MR) is 136 cm³/mol. The second-order valence-corrected chi connectivity index (χ2v) is 9.77. The Hall–Kier alpha value is -1.42. The van der Waals surface area contributed by atoms with Crippen LogP contribution in [0.25, 0.3) is 6.08 Å². The van der Waals surface area contributed by atoms with E-state index in [2.05, 4.69) is 45.2 Å². The number of Topliss-reactive ketones (excluding diaryl/α,β-unsaturated/α-hetero) is 2. The first-order valence-electron chi connectivity index (χ1n) is 8.81. The smallest absolute Gasteiger partial charge is 0.197 e. The summed E-state index contributed by atoms with van der Waals surface area (Å²) < 4.78 is 7.73. The van der Waals surface area contributed by atoms with Gasteiger partial charge >= 0.3 is 0 Å². The number of ether oxygens (including phenoxy) is 1. The number of carbonyl (C=O) groups is 2. The molecule has 0 atom stereocenters. The zero-order valence-electron chi connectivity index (χ0n) is 15.2. The molecule has 0 saturated heterocycles. The Labute approximate surface area is 210 Å². The summed E-state index contributed by atoms with van der Waals surface area (Å²) in [5, 5.41) is 1.12. The molecule has 7 heteroatoms. The molecule has 0 saturated carbocycles. The number of halogens is 4. The highest BCUT2D eigenvalue weighted by atomic mass is 127. The van der Waals surface area contributed by atoms with Gasteiger partial charge in [-0.25, -0.2) is 0 Å². The van der Waals surface area contributed by atoms with E-state index >= 15 is 0 Å². The Bertz CT molecular complexity index is 1170. The molecule has 3 aromatic rings. The summed E-state index contributed by atoms with van der Waals surface area (Å²) in [6.07, 6.45) is 1.65. The van der Waals surface area contributed by atoms with Gasteiger partial charge in [0.25, 0.3) is 0 Å². The molecule has 0 bridgehead atoms. The van der Waals surface area contributed by atoms with Gasteiger partial charge in [0.2, 0.25) is 0 Å². The molecule has 3 aromatic carbocycles. The van der Waals surface area contributed by atoms with Crippen molar-refractivity contribution in [3.05, 3.63) is 99.6 Å². The molecule has 0 N–H and O–H groups in total. The average Bonchev–Trinajstić information content (AvgIpc) is 2.94. The quantitative estimate of drug-likeness (QED) is 0.168. The van der Waals surface area contributed by atoms with E-state index < -0.39 is 0 Å². The summed E-state index contributed by atoms with van der Waals surface area (Å²) in [5.41, 5.74) is 2.70. The third-order valence-corrected chi connectivity index (χ3v) is 6.81. The Kier molecular flexibility index (Phi) is 6.53. The molecular formula is C23H12Cl2I2O3. The summed E-state index contributed by atoms with van der Waals surface area (Å²) in [5.74, 6) is 0.244. The first kappa shape index (κ1) is 21.8. The monoisotopic (exact) mass is 660 g/mol. The summed E-state index contributed by atoms with van der Waals surface area (Å²) >= 11 is 16.5. The zero-order valence-corrected chi connectivity index (χ0v) is 21.0. The maximum atomic E-state index is 12.6. The summed E-state index contributed by atoms with van der Waals surface area (Å²) in [7, 11) is 0. The van der Waals surface area contributed by atoms with E-state index in [1.807, 2.05) is 18.2 Å². The molecule has 3 nitrogen and oxygen atoms in total. The molecule has 1 aliphatic rings. The van der Waals surface area contributed by atoms with Gasteiger partial charge in [0, 0.05) is 26.7 Å². The Balaban J connectivity index is 1.60. The van der Waals surface area contributed by atoms with Gasteiger partial charge in [-0.2, -0.15) is 0 Å². The number of benzene rings is 3. The lowest BCUT2D eigenvalue weighted by molar-refractivity contribution is 0.0990. The van der Waals surface area contributed by atoms with Crippen LogP contribution in [-0.2, 0) is 6.61 Å². The fourth-order valence-corrected chi connectivity index (χ4v) is 5.75. The van der Waals surface area contributed by atoms with Gasteiger partial charge in [-0.3, -0.25) is 9.59 Å². The van der Waals surface area contributed by atoms with E-state index in [1.165, 1.54) is 0 Å². The van der Waals surface area contributed by atoms with Crippen LogP contribution in [0, 0.1) is 7.14 Å². The molecule has 0 unspecified atom stereocenters. The van der Waals surface area contributed by atoms with Crippen molar-refractivity contribution in [2.75, 3.05) is 0 Å². The second kappa shape index (κ2) is 8.98. The van der Waals surface area contributed by atoms with Crippen LogP contribution in [0.3, 0.4) is 0 Å². The van der Waals surface area contributed by atoms with Crippen LogP contribution in [0.15, 0.2) is 60.2 Å². The van der Waals surface area contributed by atoms with Crippen molar-refractivity contribution >= 4 is 86.0 Å². The van der Waals surface area contributed by atoms with Crippen LogP contribution >= 0.6 is 68.4 Å². The lowest BCUT2D eigenvalue weighted by Gasteiger charge is -2.12. The standard InChI is InChI=1S/C23H12Cl2I2O3/c24-14-6-5-13(18(25)10-14)11-30-23-19(26)8-12(9-20(23)27)7-17-21(28)15-3-1-2-4-16(15)22(17)29/h1-10H,11H2. The van der Waals surface area contributed by atoms with Crippen LogP contribution in [0.5, 0.6) is 5.75 Å². The van der Waals surface area contributed by atoms with E-state index in [1.54, 1.807) is 42.5 Å². The van der Waals surface area contributed by atoms with Gasteiger partial charge in [0.15, 0.2) is 11.6 Å². The maximum absolute atomic E-state index is 12.6. The lowest BCUT2D eigenvalue weighted by atomic mass is 10.1. The zero-order chi connectivity index (χ0) is 21.4. The molecule has 0 aliphatic heterocycles. The van der Waals surface area contributed by atoms with Gasteiger partial charge in [-0.1, -0.05) is 53.5 Å². The number of rotatable bonds is 4. The van der Waals surface area contributed by atoms with Crippen molar-refractivity contribution in [1.82, 2.24) is 0 Å². The maximum Gasteiger partial charge on any atom is 0.197 e. The van der Waals surface area contributed by atoms with E-state index in [4.69, 9.17) is 27.9 Å². The van der Waals surface area contributed by atoms with E-state index in [0.717, 1.165) is 24.0 Å². The third kappa shape index (κ3) is 4.30. The van der Waals surface area contributed by atoms with Gasteiger partial charge in [0.05, 0.1) is 12.7 Å². The highest BCUT2D eigenvalue weighted by molar-refractivity contribution is 14.1. The Morgan fingerprint density at radius 1 is 0.867 bits per heavy atom. The van der Waals surface area contributed by atoms with Gasteiger partial charge in [-0.05, 0) is 81.1 Å². The molecule has 4 rings (SSSR count). The predicted octanol–water partition coefficient (Wildman–Crippen LogP) is 7.24. The Morgan fingerprint density at radius 2 is 1.47 bits per heavy atom. The number of hydrogen-bond donors (Lipinski definition) is 0. The highest BCUT2D eigenvalue weighted by Crippen LogP contribution is 2.33. The third-order valence-electron chi connectivity index (χ3n) is 4.62. The summed E-state index contributed by atoms with van der Waals surface area (Å²) in [4.78, 5) is 25.2. The van der Waals surface area contributed by atoms with E-state index in [-0.39, 0.29) is 17.1 Å². The largest absolute Gasteiger partial charge is 0.487 e. The molecule has 0 heterocycles. The van der Waals surface area contributed by atoms with Crippen LogP contribution in [0.4, 0.5) is 0 Å². The van der Waals surface area contributed by atoms with E-state index in [0.29, 0.717) is 27.8 Å². The van der Waals surface area contributed by atoms with Crippen molar-refractivity contribution in [1.29, 1.82) is 0 Å². The second-order valence-electron chi connectivity index (χ2n) is 6.60. The normalized spacial score (nSPS) is 12.9. The Morgan fingerprint density at radius 3 is 2.03 bits per heavy atom. The number of hydrogen-bond acceptors (Lipinski definition) is 3. The number of allylic oxidation sites excluding steroid dienone is 1. The average molecular weight is 661 g/mol. The van der Waals surface area contributed by atoms with Crippen LogP contribution < -0.4 is 4.74 Å². The summed E-state index contributed by atoms with van der Waals surface area (Å²) in [6.45, 7) is 0.300. The van der Waals surface area contributed by atoms with Crippen LogP contribution in [0.1, 0.15) is 31.8 Å². The number of carbonyl (C=O) groups excluding carboxylic acids is 2. The van der Waals surface area contributed by atoms with Crippen molar-refractivity contribution in [3.63, 3.8) is 0 Å². The van der Waals surface area contributed by atoms with Crippen molar-refractivity contribution in [3.8, 4) is 5.75 Å². The molecule has 0 amide bonds. The SMILES string of the molecule is O=C1C(=Cc2cc(I)c(OCc3ccc(Cl)cc3Cl)c(I)c2)C(=O)c2ccccc21. The molecule has 30 heavy (non-hydrogen) atoms. The fraction of sp³-hybridized carbons (Fsp3) is 0.0435. The van der Waals surface area contributed by atoms with Gasteiger partial charge in [-0.15, -0.1) is 0 Å². The van der Waals surface area contributed by atoms with Crippen LogP contribution in [-0.4, -0.2) is 11.6 Å². The van der Waals surface area contributed by atoms with Gasteiger partial charge in [0.1, 0.15) is 12.4 Å². The number of fused-ring (bicyclic) bond motifs is 1. The molecule has 0 fully saturated rings. The molecule has 0 spiro atoms.